The van der Waals surface area contributed by atoms with Crippen molar-refractivity contribution in [1.82, 2.24) is 9.88 Å². The molecule has 160 valence electrons. The summed E-state index contributed by atoms with van der Waals surface area (Å²) in [4.78, 5) is 28.5. The van der Waals surface area contributed by atoms with Crippen molar-refractivity contribution in [3.8, 4) is 5.75 Å². The molecule has 6 nitrogen and oxygen atoms in total. The van der Waals surface area contributed by atoms with Gasteiger partial charge in [0.2, 0.25) is 0 Å². The number of Topliss-reactive ketones (excluding diaryl/α,β-unsaturated/α-hetero) is 1. The minimum atomic E-state index is -0.319. The molecule has 6 heteroatoms. The minimum absolute atomic E-state index is 0.319. The lowest BCUT2D eigenvalue weighted by molar-refractivity contribution is -0.121. The summed E-state index contributed by atoms with van der Waals surface area (Å²) < 4.78 is 10.1. The normalized spacial score (nSPS) is 18.2. The monoisotopic (exact) mass is 410 g/mol. The van der Waals surface area contributed by atoms with Gasteiger partial charge in [-0.15, -0.1) is 0 Å². The van der Waals surface area contributed by atoms with Crippen LogP contribution in [0, 0.1) is 0 Å². The van der Waals surface area contributed by atoms with Crippen molar-refractivity contribution in [3.63, 3.8) is 0 Å². The summed E-state index contributed by atoms with van der Waals surface area (Å²) in [5.41, 5.74) is 3.42. The van der Waals surface area contributed by atoms with Gasteiger partial charge >= 0.3 is 5.97 Å². The van der Waals surface area contributed by atoms with Gasteiger partial charge in [0, 0.05) is 44.9 Å². The van der Waals surface area contributed by atoms with Crippen LogP contribution in [0.25, 0.3) is 0 Å². The summed E-state index contributed by atoms with van der Waals surface area (Å²) in [6, 6.07) is 9.83. The molecular formula is C24H30N2O4. The van der Waals surface area contributed by atoms with Crippen LogP contribution in [0.5, 0.6) is 5.75 Å². The third-order valence-electron chi connectivity index (χ3n) is 5.62. The van der Waals surface area contributed by atoms with E-state index in [2.05, 4.69) is 28.1 Å². The number of nitrogens with zero attached hydrogens (tertiary/aromatic N) is 2. The Labute approximate surface area is 178 Å². The van der Waals surface area contributed by atoms with Crippen molar-refractivity contribution >= 4 is 11.8 Å². The molecule has 0 saturated carbocycles. The van der Waals surface area contributed by atoms with Crippen LogP contribution in [0.15, 0.2) is 42.7 Å². The van der Waals surface area contributed by atoms with Crippen molar-refractivity contribution in [2.45, 2.75) is 38.5 Å². The number of hydrogen-bond acceptors (Lipinski definition) is 6. The maximum atomic E-state index is 11.3. The summed E-state index contributed by atoms with van der Waals surface area (Å²) in [6.07, 6.45) is 6.97. The molecule has 0 bridgehead atoms. The number of aromatic nitrogens is 1. The van der Waals surface area contributed by atoms with E-state index in [0.29, 0.717) is 23.9 Å². The maximum Gasteiger partial charge on any atom is 0.339 e. The number of methoxy groups -OCH3 is 1. The number of esters is 1. The molecule has 4 rings (SSSR count). The first-order chi connectivity index (χ1) is 14.6. The number of ketones is 1. The third kappa shape index (κ3) is 5.89. The second-order valence-corrected chi connectivity index (χ2v) is 7.60. The molecule has 1 unspecified atom stereocenters. The van der Waals surface area contributed by atoms with E-state index in [9.17, 15) is 9.59 Å². The van der Waals surface area contributed by atoms with Crippen LogP contribution in [0.1, 0.15) is 53.6 Å². The molecular weight excluding hydrogens is 380 g/mol. The Hall–Kier alpha value is -2.73. The summed E-state index contributed by atoms with van der Waals surface area (Å²) in [5, 5.41) is 0. The average Bonchev–Trinajstić information content (AvgIpc) is 3.18. The van der Waals surface area contributed by atoms with Gasteiger partial charge in [0.25, 0.3) is 0 Å². The van der Waals surface area contributed by atoms with E-state index in [1.54, 1.807) is 32.4 Å². The molecule has 1 aromatic heterocycles. The fourth-order valence-corrected chi connectivity index (χ4v) is 3.98. The van der Waals surface area contributed by atoms with Gasteiger partial charge in [-0.3, -0.25) is 9.78 Å². The Balaban J connectivity index is 0.000000199. The molecule has 1 aliphatic carbocycles. The average molecular weight is 411 g/mol. The number of piperidine rings is 1. The Morgan fingerprint density at radius 3 is 2.67 bits per heavy atom. The van der Waals surface area contributed by atoms with Crippen molar-refractivity contribution in [3.05, 3.63) is 59.4 Å². The molecule has 2 heterocycles. The predicted octanol–water partition coefficient (Wildman–Crippen LogP) is 3.65. The zero-order chi connectivity index (χ0) is 21.3. The summed E-state index contributed by atoms with van der Waals surface area (Å²) in [6.45, 7) is 5.14. The lowest BCUT2D eigenvalue weighted by Crippen LogP contribution is -2.36. The number of benzene rings is 1. The summed E-state index contributed by atoms with van der Waals surface area (Å²) in [5.74, 6) is 1.67. The number of hydrogen-bond donors (Lipinski definition) is 0. The molecule has 0 amide bonds. The first kappa shape index (κ1) is 22.0. The zero-order valence-corrected chi connectivity index (χ0v) is 17.8. The highest BCUT2D eigenvalue weighted by molar-refractivity contribution is 5.88. The number of carbonyl (C=O) groups excluding carboxylic acids is 2. The third-order valence-corrected chi connectivity index (χ3v) is 5.62. The Kier molecular flexibility index (Phi) is 7.97. The van der Waals surface area contributed by atoms with Gasteiger partial charge in [0.15, 0.2) is 0 Å². The van der Waals surface area contributed by atoms with Gasteiger partial charge in [-0.1, -0.05) is 6.07 Å². The number of ether oxygens (including phenoxy) is 2. The SMILES string of the molecule is CCOC(=O)c1cccnc1.COc1ccc2c(c1)C(CN1CCC(=O)CC1)CC2. The fourth-order valence-electron chi connectivity index (χ4n) is 3.98. The second-order valence-electron chi connectivity index (χ2n) is 7.60. The van der Waals surface area contributed by atoms with Crippen LogP contribution in [0.4, 0.5) is 0 Å². The van der Waals surface area contributed by atoms with Crippen LogP contribution in [-0.4, -0.2) is 55.0 Å². The quantitative estimate of drug-likeness (QED) is 0.701. The lowest BCUT2D eigenvalue weighted by atomic mass is 9.99. The van der Waals surface area contributed by atoms with Crippen LogP contribution in [-0.2, 0) is 16.0 Å². The highest BCUT2D eigenvalue weighted by Crippen LogP contribution is 2.36. The van der Waals surface area contributed by atoms with Gasteiger partial charge < -0.3 is 14.4 Å². The molecule has 1 aromatic carbocycles. The van der Waals surface area contributed by atoms with Crippen molar-refractivity contribution < 1.29 is 19.1 Å². The van der Waals surface area contributed by atoms with Crippen molar-refractivity contribution in [1.29, 1.82) is 0 Å². The minimum Gasteiger partial charge on any atom is -0.497 e. The number of rotatable bonds is 5. The molecule has 0 spiro atoms. The molecule has 1 aliphatic heterocycles. The molecule has 0 radical (unpaired) electrons. The van der Waals surface area contributed by atoms with E-state index in [1.165, 1.54) is 30.2 Å². The van der Waals surface area contributed by atoms with Crippen LogP contribution in [0.2, 0.25) is 0 Å². The first-order valence-corrected chi connectivity index (χ1v) is 10.6. The number of likely N-dealkylation sites (tertiary alicyclic amines) is 1. The van der Waals surface area contributed by atoms with E-state index in [-0.39, 0.29) is 5.97 Å². The van der Waals surface area contributed by atoms with Crippen LogP contribution < -0.4 is 4.74 Å². The number of pyridine rings is 1. The Morgan fingerprint density at radius 2 is 2.00 bits per heavy atom. The smallest absolute Gasteiger partial charge is 0.339 e. The molecule has 1 saturated heterocycles. The van der Waals surface area contributed by atoms with Crippen molar-refractivity contribution in [2.24, 2.45) is 0 Å². The predicted molar refractivity (Wildman–Crippen MR) is 115 cm³/mol. The van der Waals surface area contributed by atoms with Crippen molar-refractivity contribution in [2.75, 3.05) is 33.4 Å². The Bertz CT molecular complexity index is 844. The number of fused-ring (bicyclic) bond motifs is 1. The molecule has 1 atom stereocenters. The van der Waals surface area contributed by atoms with Gasteiger partial charge in [-0.05, 0) is 61.1 Å². The lowest BCUT2D eigenvalue weighted by Gasteiger charge is -2.28. The molecule has 0 N–H and O–H groups in total. The van der Waals surface area contributed by atoms with Crippen LogP contribution in [0.3, 0.4) is 0 Å². The highest BCUT2D eigenvalue weighted by atomic mass is 16.5. The van der Waals surface area contributed by atoms with E-state index in [4.69, 9.17) is 9.47 Å². The van der Waals surface area contributed by atoms with E-state index in [0.717, 1.165) is 38.2 Å². The first-order valence-electron chi connectivity index (χ1n) is 10.6. The molecule has 2 aliphatic rings. The zero-order valence-electron chi connectivity index (χ0n) is 17.8. The maximum absolute atomic E-state index is 11.3. The van der Waals surface area contributed by atoms with Gasteiger partial charge in [0.1, 0.15) is 11.5 Å². The molecule has 1 fully saturated rings. The standard InChI is InChI=1S/C16H21NO2.C8H9NO2/c1-19-15-5-4-12-2-3-13(16(12)10-15)11-17-8-6-14(18)7-9-17;1-2-11-8(10)7-4-3-5-9-6-7/h4-5,10,13H,2-3,6-9,11H2,1H3;3-6H,2H2,1H3. The second kappa shape index (κ2) is 10.9. The van der Waals surface area contributed by atoms with Gasteiger partial charge in [0.05, 0.1) is 19.3 Å². The topological polar surface area (TPSA) is 68.7 Å². The molecule has 2 aromatic rings. The number of aryl methyl sites for hydroxylation is 1. The summed E-state index contributed by atoms with van der Waals surface area (Å²) >= 11 is 0. The largest absolute Gasteiger partial charge is 0.497 e. The highest BCUT2D eigenvalue weighted by Gasteiger charge is 2.26. The van der Waals surface area contributed by atoms with E-state index >= 15 is 0 Å². The molecule has 30 heavy (non-hydrogen) atoms. The number of carbonyl (C=O) groups is 2. The summed E-state index contributed by atoms with van der Waals surface area (Å²) in [7, 11) is 1.72. The van der Waals surface area contributed by atoms with E-state index < -0.39 is 0 Å². The fraction of sp³-hybridized carbons (Fsp3) is 0.458. The van der Waals surface area contributed by atoms with E-state index in [1.807, 2.05) is 0 Å². The Morgan fingerprint density at radius 1 is 1.20 bits per heavy atom. The van der Waals surface area contributed by atoms with Crippen LogP contribution >= 0.6 is 0 Å². The van der Waals surface area contributed by atoms with Gasteiger partial charge in [-0.2, -0.15) is 0 Å². The van der Waals surface area contributed by atoms with Gasteiger partial charge in [-0.25, -0.2) is 4.79 Å².